The Morgan fingerprint density at radius 1 is 1.33 bits per heavy atom. The second kappa shape index (κ2) is 5.54. The summed E-state index contributed by atoms with van der Waals surface area (Å²) in [6.45, 7) is 6.90. The fourth-order valence-corrected chi connectivity index (χ4v) is 4.31. The lowest BCUT2D eigenvalue weighted by molar-refractivity contribution is -0.124. The molecule has 2 aliphatic rings. The Kier molecular flexibility index (Phi) is 3.88. The van der Waals surface area contributed by atoms with E-state index in [0.29, 0.717) is 5.69 Å². The van der Waals surface area contributed by atoms with Gasteiger partial charge in [-0.1, -0.05) is 6.92 Å². The third-order valence-electron chi connectivity index (χ3n) is 4.64. The van der Waals surface area contributed by atoms with Gasteiger partial charge in [-0.3, -0.25) is 4.79 Å². The van der Waals surface area contributed by atoms with Crippen molar-refractivity contribution in [1.82, 2.24) is 0 Å². The predicted molar refractivity (Wildman–Crippen MR) is 86.6 cm³/mol. The van der Waals surface area contributed by atoms with Crippen molar-refractivity contribution < 1.29 is 9.53 Å². The molecule has 0 spiro atoms. The Balaban J connectivity index is 1.92. The summed E-state index contributed by atoms with van der Waals surface area (Å²) >= 11 is 1.78. The number of amides is 1. The number of fused-ring (bicyclic) bond motifs is 1. The zero-order valence-corrected chi connectivity index (χ0v) is 13.5. The Hall–Kier alpha value is -1.20. The average molecular weight is 306 g/mol. The van der Waals surface area contributed by atoms with Crippen molar-refractivity contribution >= 4 is 29.0 Å². The summed E-state index contributed by atoms with van der Waals surface area (Å²) in [4.78, 5) is 16.1. The highest BCUT2D eigenvalue weighted by Gasteiger charge is 2.44. The third kappa shape index (κ3) is 2.53. The highest BCUT2D eigenvalue weighted by atomic mass is 32.2. The molecule has 4 atom stereocenters. The summed E-state index contributed by atoms with van der Waals surface area (Å²) in [5.74, 6) is 1.27. The average Bonchev–Trinajstić information content (AvgIpc) is 2.71. The number of nitrogens with two attached hydrogens (primary N) is 1. The number of ether oxygens (including phenoxy) is 1. The molecule has 3 rings (SSSR count). The molecule has 1 aromatic carbocycles. The number of anilines is 2. The first-order valence-electron chi connectivity index (χ1n) is 7.48. The van der Waals surface area contributed by atoms with E-state index >= 15 is 0 Å². The molecule has 114 valence electrons. The van der Waals surface area contributed by atoms with Gasteiger partial charge in [-0.25, -0.2) is 0 Å². The molecule has 1 amide bonds. The molecular weight excluding hydrogens is 284 g/mol. The molecule has 1 saturated heterocycles. The molecule has 2 aliphatic heterocycles. The van der Waals surface area contributed by atoms with E-state index in [1.165, 1.54) is 0 Å². The standard InChI is InChI=1S/C16H22N2O2S/c1-9-10(2)20-11(3)15(9)16(19)18-6-7-21-14-5-4-12(17)8-13(14)18/h4-5,8-11,15H,6-7,17H2,1-3H3. The van der Waals surface area contributed by atoms with Gasteiger partial charge in [0.1, 0.15) is 0 Å². The van der Waals surface area contributed by atoms with Gasteiger partial charge >= 0.3 is 0 Å². The number of hydrogen-bond acceptors (Lipinski definition) is 4. The molecular formula is C16H22N2O2S. The summed E-state index contributed by atoms with van der Waals surface area (Å²) < 4.78 is 5.83. The van der Waals surface area contributed by atoms with Gasteiger partial charge in [0.2, 0.25) is 5.91 Å². The van der Waals surface area contributed by atoms with Crippen molar-refractivity contribution in [2.75, 3.05) is 22.9 Å². The number of nitrogen functional groups attached to an aromatic ring is 1. The van der Waals surface area contributed by atoms with Gasteiger partial charge in [0.15, 0.2) is 0 Å². The van der Waals surface area contributed by atoms with Crippen LogP contribution < -0.4 is 10.6 Å². The van der Waals surface area contributed by atoms with Crippen LogP contribution in [0.2, 0.25) is 0 Å². The van der Waals surface area contributed by atoms with Crippen molar-refractivity contribution in [3.8, 4) is 0 Å². The van der Waals surface area contributed by atoms with E-state index in [0.717, 1.165) is 22.9 Å². The van der Waals surface area contributed by atoms with Gasteiger partial charge in [-0.15, -0.1) is 11.8 Å². The van der Waals surface area contributed by atoms with E-state index in [1.807, 2.05) is 36.9 Å². The smallest absolute Gasteiger partial charge is 0.233 e. The zero-order valence-electron chi connectivity index (χ0n) is 12.7. The van der Waals surface area contributed by atoms with Crippen LogP contribution in [0, 0.1) is 11.8 Å². The summed E-state index contributed by atoms with van der Waals surface area (Å²) in [5.41, 5.74) is 7.56. The molecule has 0 radical (unpaired) electrons. The van der Waals surface area contributed by atoms with Crippen molar-refractivity contribution in [2.45, 2.75) is 37.9 Å². The Bertz CT molecular complexity index is 563. The van der Waals surface area contributed by atoms with Crippen LogP contribution in [0.25, 0.3) is 0 Å². The number of nitrogens with zero attached hydrogens (tertiary/aromatic N) is 1. The molecule has 5 heteroatoms. The largest absolute Gasteiger partial charge is 0.399 e. The third-order valence-corrected chi connectivity index (χ3v) is 5.68. The monoisotopic (exact) mass is 306 g/mol. The lowest BCUT2D eigenvalue weighted by atomic mass is 9.88. The maximum absolute atomic E-state index is 13.0. The highest BCUT2D eigenvalue weighted by molar-refractivity contribution is 7.99. The summed E-state index contributed by atoms with van der Waals surface area (Å²) in [6, 6.07) is 5.81. The Labute approximate surface area is 130 Å². The van der Waals surface area contributed by atoms with E-state index in [-0.39, 0.29) is 30.0 Å². The lowest BCUT2D eigenvalue weighted by Gasteiger charge is -2.33. The number of hydrogen-bond donors (Lipinski definition) is 1. The van der Waals surface area contributed by atoms with Crippen molar-refractivity contribution in [3.63, 3.8) is 0 Å². The van der Waals surface area contributed by atoms with Crippen LogP contribution >= 0.6 is 11.8 Å². The van der Waals surface area contributed by atoms with Crippen LogP contribution in [0.15, 0.2) is 23.1 Å². The SMILES string of the molecule is CC1OC(C)C(C(=O)N2CCSc3ccc(N)cc32)C1C. The van der Waals surface area contributed by atoms with Gasteiger partial charge < -0.3 is 15.4 Å². The fourth-order valence-electron chi connectivity index (χ4n) is 3.34. The van der Waals surface area contributed by atoms with Gasteiger partial charge in [-0.05, 0) is 38.0 Å². The molecule has 0 aromatic heterocycles. The topological polar surface area (TPSA) is 55.6 Å². The number of rotatable bonds is 1. The van der Waals surface area contributed by atoms with Crippen LogP contribution in [0.4, 0.5) is 11.4 Å². The maximum atomic E-state index is 13.0. The first kappa shape index (κ1) is 14.7. The fraction of sp³-hybridized carbons (Fsp3) is 0.562. The second-order valence-corrected chi connectivity index (χ2v) is 7.13. The number of benzene rings is 1. The van der Waals surface area contributed by atoms with E-state index < -0.39 is 0 Å². The minimum atomic E-state index is -0.0719. The normalized spacial score (nSPS) is 32.0. The molecule has 1 aromatic rings. The molecule has 4 nitrogen and oxygen atoms in total. The molecule has 1 fully saturated rings. The van der Waals surface area contributed by atoms with Crippen molar-refractivity contribution in [1.29, 1.82) is 0 Å². The van der Waals surface area contributed by atoms with Crippen LogP contribution in [0.3, 0.4) is 0 Å². The van der Waals surface area contributed by atoms with E-state index in [1.54, 1.807) is 11.8 Å². The Morgan fingerprint density at radius 3 is 2.76 bits per heavy atom. The van der Waals surface area contributed by atoms with Crippen LogP contribution in [0.1, 0.15) is 20.8 Å². The second-order valence-electron chi connectivity index (χ2n) is 6.00. The lowest BCUT2D eigenvalue weighted by Crippen LogP contribution is -2.43. The quantitative estimate of drug-likeness (QED) is 0.811. The number of thioether (sulfide) groups is 1. The van der Waals surface area contributed by atoms with Gasteiger partial charge in [-0.2, -0.15) is 0 Å². The Morgan fingerprint density at radius 2 is 2.10 bits per heavy atom. The van der Waals surface area contributed by atoms with E-state index in [9.17, 15) is 4.79 Å². The van der Waals surface area contributed by atoms with Gasteiger partial charge in [0, 0.05) is 22.9 Å². The van der Waals surface area contributed by atoms with Crippen molar-refractivity contribution in [3.05, 3.63) is 18.2 Å². The first-order chi connectivity index (χ1) is 9.99. The predicted octanol–water partition coefficient (Wildman–Crippen LogP) is 2.77. The van der Waals surface area contributed by atoms with Gasteiger partial charge in [0.25, 0.3) is 0 Å². The van der Waals surface area contributed by atoms with Crippen LogP contribution in [-0.4, -0.2) is 30.4 Å². The molecule has 2 N–H and O–H groups in total. The minimum absolute atomic E-state index is 0.0263. The summed E-state index contributed by atoms with van der Waals surface area (Å²) in [6.07, 6.45) is 0.106. The van der Waals surface area contributed by atoms with Crippen LogP contribution in [0.5, 0.6) is 0 Å². The van der Waals surface area contributed by atoms with E-state index in [2.05, 4.69) is 6.92 Å². The first-order valence-corrected chi connectivity index (χ1v) is 8.46. The van der Waals surface area contributed by atoms with E-state index in [4.69, 9.17) is 10.5 Å². The summed E-state index contributed by atoms with van der Waals surface area (Å²) in [7, 11) is 0. The summed E-state index contributed by atoms with van der Waals surface area (Å²) in [5, 5.41) is 0. The maximum Gasteiger partial charge on any atom is 0.233 e. The minimum Gasteiger partial charge on any atom is -0.399 e. The molecule has 0 bridgehead atoms. The van der Waals surface area contributed by atoms with Crippen LogP contribution in [-0.2, 0) is 9.53 Å². The molecule has 4 unspecified atom stereocenters. The van der Waals surface area contributed by atoms with Gasteiger partial charge in [0.05, 0.1) is 23.8 Å². The molecule has 0 saturated carbocycles. The zero-order chi connectivity index (χ0) is 15.1. The van der Waals surface area contributed by atoms with Crippen molar-refractivity contribution in [2.24, 2.45) is 11.8 Å². The highest BCUT2D eigenvalue weighted by Crippen LogP contribution is 2.40. The molecule has 0 aliphatic carbocycles. The molecule has 2 heterocycles. The number of carbonyl (C=O) groups excluding carboxylic acids is 1. The number of carbonyl (C=O) groups is 1. The molecule has 21 heavy (non-hydrogen) atoms.